The molecule has 0 bridgehead atoms. The zero-order valence-corrected chi connectivity index (χ0v) is 6.82. The molecule has 1 radical (unpaired) electrons. The first kappa shape index (κ1) is 24.0. The maximum atomic E-state index is 8.74. The van der Waals surface area contributed by atoms with Crippen LogP contribution in [0, 0.1) is 0 Å². The summed E-state index contributed by atoms with van der Waals surface area (Å²) in [5.74, 6) is 0. The Bertz CT molecular complexity index is 42.3. The van der Waals surface area contributed by atoms with E-state index in [2.05, 4.69) is 0 Å². The van der Waals surface area contributed by atoms with E-state index in [0.29, 0.717) is 0 Å². The fourth-order valence-corrected chi connectivity index (χ4v) is 0. The van der Waals surface area contributed by atoms with E-state index in [1.807, 2.05) is 0 Å². The fraction of sp³-hybridized carbons (Fsp3) is 0. The van der Waals surface area contributed by atoms with Crippen LogP contribution in [0.25, 0.3) is 0 Å². The third kappa shape index (κ3) is 127. The smallest absolute Gasteiger partial charge is 1.00 e. The number of rotatable bonds is 0. The summed E-state index contributed by atoms with van der Waals surface area (Å²) in [6.45, 7) is 0. The monoisotopic (exact) mass is 197 g/mol. The summed E-state index contributed by atoms with van der Waals surface area (Å²) in [5, 5.41) is 0. The van der Waals surface area contributed by atoms with Gasteiger partial charge < -0.3 is 11.0 Å². The van der Waals surface area contributed by atoms with E-state index >= 15 is 0 Å². The Morgan fingerprint density at radius 3 is 1.43 bits per heavy atom. The predicted molar refractivity (Wildman–Crippen MR) is 12.0 cm³/mol. The van der Waals surface area contributed by atoms with Crippen LogP contribution < -0.4 is 18.9 Å². The first-order chi connectivity index (χ1) is 1.73. The van der Waals surface area contributed by atoms with Crippen molar-refractivity contribution in [2.45, 2.75) is 0 Å². The van der Waals surface area contributed by atoms with Crippen LogP contribution in [-0.4, -0.2) is 18.8 Å². The Morgan fingerprint density at radius 2 is 1.43 bits per heavy atom. The molecule has 0 aliphatic rings. The SMILES string of the molecule is O=[Si](O)O.[Fe].[H-].[Li+].[Mn]. The second-order valence-electron chi connectivity index (χ2n) is 0.283. The van der Waals surface area contributed by atoms with E-state index in [1.165, 1.54) is 0 Å². The van der Waals surface area contributed by atoms with Gasteiger partial charge in [0.2, 0.25) is 0 Å². The quantitative estimate of drug-likeness (QED) is 0.384. The van der Waals surface area contributed by atoms with Crippen LogP contribution in [0.2, 0.25) is 0 Å². The van der Waals surface area contributed by atoms with Gasteiger partial charge >= 0.3 is 28.0 Å². The third-order valence-electron chi connectivity index (χ3n) is 0. The second-order valence-corrected chi connectivity index (χ2v) is 0.848. The summed E-state index contributed by atoms with van der Waals surface area (Å²) in [6, 6.07) is 0. The van der Waals surface area contributed by atoms with Crippen LogP contribution in [-0.2, 0) is 38.6 Å². The minimum Gasteiger partial charge on any atom is -1.00 e. The fourth-order valence-electron chi connectivity index (χ4n) is 0. The van der Waals surface area contributed by atoms with Gasteiger partial charge in [-0.3, -0.25) is 4.46 Å². The molecule has 0 aliphatic carbocycles. The Kier molecular flexibility index (Phi) is 53.8. The van der Waals surface area contributed by atoms with E-state index in [4.69, 9.17) is 14.1 Å². The molecular weight excluding hydrogens is 194 g/mol. The minimum atomic E-state index is -3.13. The Hall–Kier alpha value is 1.25. The first-order valence-corrected chi connectivity index (χ1v) is 1.95. The van der Waals surface area contributed by atoms with Crippen molar-refractivity contribution in [3.8, 4) is 0 Å². The van der Waals surface area contributed by atoms with Gasteiger partial charge in [0.1, 0.15) is 0 Å². The number of hydrogen-bond acceptors (Lipinski definition) is 1. The van der Waals surface area contributed by atoms with Gasteiger partial charge in [0.15, 0.2) is 0 Å². The molecule has 0 saturated carbocycles. The molecule has 0 aromatic carbocycles. The van der Waals surface area contributed by atoms with Gasteiger partial charge in [-0.15, -0.1) is 0 Å². The molecule has 0 aromatic heterocycles. The van der Waals surface area contributed by atoms with E-state index in [-0.39, 0.29) is 54.4 Å². The molecule has 41 valence electrons. The summed E-state index contributed by atoms with van der Waals surface area (Å²) >= 11 is 0. The summed E-state index contributed by atoms with van der Waals surface area (Å²) in [7, 11) is -3.13. The van der Waals surface area contributed by atoms with Crippen molar-refractivity contribution in [1.82, 2.24) is 0 Å². The first-order valence-electron chi connectivity index (χ1n) is 0.651. The summed E-state index contributed by atoms with van der Waals surface area (Å²) in [5.41, 5.74) is 0. The Morgan fingerprint density at radius 1 is 1.43 bits per heavy atom. The van der Waals surface area contributed by atoms with Gasteiger partial charge in [0.05, 0.1) is 0 Å². The molecule has 0 aromatic rings. The van der Waals surface area contributed by atoms with Crippen molar-refractivity contribution >= 4 is 9.17 Å². The van der Waals surface area contributed by atoms with Gasteiger partial charge in [0, 0.05) is 34.1 Å². The standard InChI is InChI=1S/Fe.Li.Mn.H2O3Si.H/c;;;1-4(2)3;/h;;;1-2H;/q;+1;;;-1. The normalized spacial score (nSPS) is 3.43. The molecule has 0 atom stereocenters. The van der Waals surface area contributed by atoms with Crippen LogP contribution in [0.3, 0.4) is 0 Å². The topological polar surface area (TPSA) is 57.5 Å². The summed E-state index contributed by atoms with van der Waals surface area (Å²) in [4.78, 5) is 14.3. The molecule has 0 unspecified atom stereocenters. The molecule has 3 nitrogen and oxygen atoms in total. The van der Waals surface area contributed by atoms with Crippen molar-refractivity contribution in [1.29, 1.82) is 0 Å². The average molecular weight is 197 g/mol. The second kappa shape index (κ2) is 15.7. The maximum Gasteiger partial charge on any atom is 1.00 e. The Balaban J connectivity index is -0.00000000750. The zero-order valence-electron chi connectivity index (χ0n) is 4.53. The molecule has 7 heavy (non-hydrogen) atoms. The van der Waals surface area contributed by atoms with E-state index in [9.17, 15) is 0 Å². The van der Waals surface area contributed by atoms with Gasteiger partial charge in [-0.2, -0.15) is 0 Å². The van der Waals surface area contributed by atoms with Crippen molar-refractivity contribution < 1.29 is 68.5 Å². The molecular formula is H3FeLiMnO3Si. The van der Waals surface area contributed by atoms with Gasteiger partial charge in [-0.25, -0.2) is 0 Å². The minimum absolute atomic E-state index is 0. The largest absolute Gasteiger partial charge is 1.00 e. The predicted octanol–water partition coefficient (Wildman–Crippen LogP) is -4.50. The van der Waals surface area contributed by atoms with Gasteiger partial charge in [-0.1, -0.05) is 0 Å². The van der Waals surface area contributed by atoms with Gasteiger partial charge in [-0.05, 0) is 0 Å². The van der Waals surface area contributed by atoms with Crippen LogP contribution in [0.4, 0.5) is 0 Å². The molecule has 0 spiro atoms. The molecule has 0 amide bonds. The molecule has 0 saturated heterocycles. The van der Waals surface area contributed by atoms with E-state index in [1.54, 1.807) is 0 Å². The summed E-state index contributed by atoms with van der Waals surface area (Å²) < 4.78 is 8.74. The molecule has 7 heteroatoms. The van der Waals surface area contributed by atoms with Crippen LogP contribution in [0.15, 0.2) is 0 Å². The molecule has 2 N–H and O–H groups in total. The van der Waals surface area contributed by atoms with Crippen LogP contribution >= 0.6 is 0 Å². The van der Waals surface area contributed by atoms with Crippen LogP contribution in [0.1, 0.15) is 1.43 Å². The zero-order chi connectivity index (χ0) is 3.58. The number of hydrogen-bond donors (Lipinski definition) is 2. The van der Waals surface area contributed by atoms with Crippen molar-refractivity contribution in [2.75, 3.05) is 0 Å². The van der Waals surface area contributed by atoms with Gasteiger partial charge in [0.25, 0.3) is 0 Å². The molecule has 0 aliphatic heterocycles. The maximum absolute atomic E-state index is 8.74. The average Bonchev–Trinajstić information content (AvgIpc) is 0.811. The third-order valence-corrected chi connectivity index (χ3v) is 0. The summed E-state index contributed by atoms with van der Waals surface area (Å²) in [6.07, 6.45) is 0. The van der Waals surface area contributed by atoms with E-state index in [0.717, 1.165) is 0 Å². The van der Waals surface area contributed by atoms with E-state index < -0.39 is 9.17 Å². The molecule has 0 heterocycles. The van der Waals surface area contributed by atoms with Crippen molar-refractivity contribution in [2.24, 2.45) is 0 Å². The molecule has 0 fully saturated rings. The molecule has 0 rings (SSSR count). The van der Waals surface area contributed by atoms with Crippen molar-refractivity contribution in [3.05, 3.63) is 0 Å². The Labute approximate surface area is 77.4 Å². The van der Waals surface area contributed by atoms with Crippen LogP contribution in [0.5, 0.6) is 0 Å². The van der Waals surface area contributed by atoms with Crippen molar-refractivity contribution in [3.63, 3.8) is 0 Å².